The minimum absolute atomic E-state index is 0.382. The lowest BCUT2D eigenvalue weighted by Crippen LogP contribution is -2.32. The first-order valence-electron chi connectivity index (χ1n) is 11.2. The van der Waals surface area contributed by atoms with Crippen LogP contribution in [-0.4, -0.2) is 48.0 Å². The SMILES string of the molecule is CCN(CC)c1ccc(-c2nc3n(n2)C(c2cc(OC)ccc2OC)C(C(N)=O)=C(C)N3)cc1. The molecule has 0 saturated carbocycles. The minimum Gasteiger partial charge on any atom is -0.497 e. The number of ether oxygens (including phenoxy) is 2. The standard InChI is InChI=1S/C25H30N6O3/c1-6-30(7-2)17-10-8-16(9-11-17)24-28-25-27-15(3)21(23(26)32)22(31(25)29-24)19-14-18(33-4)12-13-20(19)34-5/h8-14,22H,6-7H2,1-5H3,(H2,26,32)(H,27,28,29). The summed E-state index contributed by atoms with van der Waals surface area (Å²) in [6.45, 7) is 7.93. The van der Waals surface area contributed by atoms with Gasteiger partial charge in [-0.15, -0.1) is 5.10 Å². The van der Waals surface area contributed by atoms with Crippen molar-refractivity contribution < 1.29 is 14.3 Å². The van der Waals surface area contributed by atoms with Crippen LogP contribution in [0.1, 0.15) is 32.4 Å². The maximum absolute atomic E-state index is 12.5. The Labute approximate surface area is 199 Å². The van der Waals surface area contributed by atoms with E-state index in [9.17, 15) is 4.79 Å². The van der Waals surface area contributed by atoms with E-state index in [1.807, 2.05) is 18.2 Å². The molecule has 34 heavy (non-hydrogen) atoms. The number of primary amides is 1. The van der Waals surface area contributed by atoms with Gasteiger partial charge in [0.2, 0.25) is 11.9 Å². The third kappa shape index (κ3) is 4.05. The number of carbonyl (C=O) groups excluding carboxylic acids is 1. The van der Waals surface area contributed by atoms with Crippen LogP contribution in [-0.2, 0) is 4.79 Å². The molecule has 1 atom stereocenters. The second-order valence-electron chi connectivity index (χ2n) is 7.96. The van der Waals surface area contributed by atoms with Crippen molar-refractivity contribution in [3.8, 4) is 22.9 Å². The third-order valence-corrected chi connectivity index (χ3v) is 6.10. The largest absolute Gasteiger partial charge is 0.497 e. The molecular weight excluding hydrogens is 432 g/mol. The Morgan fingerprint density at radius 1 is 1.12 bits per heavy atom. The first-order valence-corrected chi connectivity index (χ1v) is 11.2. The highest BCUT2D eigenvalue weighted by Gasteiger charge is 2.35. The maximum atomic E-state index is 12.5. The number of amides is 1. The molecule has 3 aromatic rings. The first kappa shape index (κ1) is 23.2. The van der Waals surface area contributed by atoms with Gasteiger partial charge < -0.3 is 25.4 Å². The molecule has 0 spiro atoms. The van der Waals surface area contributed by atoms with E-state index in [1.54, 1.807) is 38.0 Å². The van der Waals surface area contributed by atoms with Gasteiger partial charge in [-0.25, -0.2) is 4.68 Å². The Morgan fingerprint density at radius 3 is 2.41 bits per heavy atom. The number of hydrogen-bond donors (Lipinski definition) is 2. The Kier molecular flexibility index (Phi) is 6.45. The van der Waals surface area contributed by atoms with E-state index >= 15 is 0 Å². The zero-order valence-corrected chi connectivity index (χ0v) is 20.1. The molecule has 0 radical (unpaired) electrons. The predicted octanol–water partition coefficient (Wildman–Crippen LogP) is 3.58. The molecule has 1 aliphatic rings. The van der Waals surface area contributed by atoms with Crippen molar-refractivity contribution in [3.63, 3.8) is 0 Å². The van der Waals surface area contributed by atoms with E-state index < -0.39 is 11.9 Å². The number of nitrogens with one attached hydrogen (secondary N) is 1. The number of nitrogens with two attached hydrogens (primary N) is 1. The molecule has 1 unspecified atom stereocenters. The average Bonchev–Trinajstić information content (AvgIpc) is 3.27. The summed E-state index contributed by atoms with van der Waals surface area (Å²) < 4.78 is 12.7. The molecule has 2 heterocycles. The van der Waals surface area contributed by atoms with Gasteiger partial charge in [0.1, 0.15) is 17.5 Å². The van der Waals surface area contributed by atoms with Crippen molar-refractivity contribution in [2.45, 2.75) is 26.8 Å². The monoisotopic (exact) mass is 462 g/mol. The predicted molar refractivity (Wildman–Crippen MR) is 132 cm³/mol. The van der Waals surface area contributed by atoms with Crippen molar-refractivity contribution in [3.05, 3.63) is 59.3 Å². The molecule has 9 nitrogen and oxygen atoms in total. The summed E-state index contributed by atoms with van der Waals surface area (Å²) in [6.07, 6.45) is 0. The summed E-state index contributed by atoms with van der Waals surface area (Å²) in [5, 5.41) is 7.97. The van der Waals surface area contributed by atoms with Crippen LogP contribution in [0.15, 0.2) is 53.7 Å². The molecule has 0 fully saturated rings. The number of rotatable bonds is 8. The summed E-state index contributed by atoms with van der Waals surface area (Å²) in [7, 11) is 3.17. The molecule has 0 saturated heterocycles. The lowest BCUT2D eigenvalue weighted by Gasteiger charge is -2.28. The number of carbonyl (C=O) groups is 1. The van der Waals surface area contributed by atoms with Gasteiger partial charge in [0.05, 0.1) is 19.8 Å². The molecule has 1 amide bonds. The Bertz CT molecular complexity index is 1230. The lowest BCUT2D eigenvalue weighted by atomic mass is 9.94. The lowest BCUT2D eigenvalue weighted by molar-refractivity contribution is -0.115. The van der Waals surface area contributed by atoms with Crippen LogP contribution in [0.25, 0.3) is 11.4 Å². The van der Waals surface area contributed by atoms with Crippen molar-refractivity contribution in [2.24, 2.45) is 5.73 Å². The van der Waals surface area contributed by atoms with Gasteiger partial charge in [0, 0.05) is 35.6 Å². The van der Waals surface area contributed by atoms with Gasteiger partial charge in [0.15, 0.2) is 5.82 Å². The number of anilines is 2. The quantitative estimate of drug-likeness (QED) is 0.527. The van der Waals surface area contributed by atoms with Crippen LogP contribution in [0, 0.1) is 0 Å². The van der Waals surface area contributed by atoms with E-state index in [-0.39, 0.29) is 0 Å². The van der Waals surface area contributed by atoms with Gasteiger partial charge in [-0.05, 0) is 63.2 Å². The molecule has 1 aliphatic heterocycles. The molecular formula is C25H30N6O3. The number of nitrogens with zero attached hydrogens (tertiary/aromatic N) is 4. The topological polar surface area (TPSA) is 108 Å². The Balaban J connectivity index is 1.83. The Hall–Kier alpha value is -4.01. The molecule has 4 rings (SSSR count). The number of fused-ring (bicyclic) bond motifs is 1. The smallest absolute Gasteiger partial charge is 0.248 e. The van der Waals surface area contributed by atoms with Crippen LogP contribution in [0.2, 0.25) is 0 Å². The summed E-state index contributed by atoms with van der Waals surface area (Å²) in [5.41, 5.74) is 9.53. The van der Waals surface area contributed by atoms with E-state index in [2.05, 4.69) is 36.2 Å². The normalized spacial score (nSPS) is 14.9. The second-order valence-corrected chi connectivity index (χ2v) is 7.96. The van der Waals surface area contributed by atoms with Gasteiger partial charge >= 0.3 is 0 Å². The summed E-state index contributed by atoms with van der Waals surface area (Å²) in [6, 6.07) is 12.9. The molecule has 2 aromatic carbocycles. The molecule has 9 heteroatoms. The van der Waals surface area contributed by atoms with Crippen molar-refractivity contribution in [2.75, 3.05) is 37.5 Å². The van der Waals surface area contributed by atoms with E-state index in [4.69, 9.17) is 25.3 Å². The van der Waals surface area contributed by atoms with Crippen molar-refractivity contribution in [1.29, 1.82) is 0 Å². The van der Waals surface area contributed by atoms with Crippen LogP contribution in [0.4, 0.5) is 11.6 Å². The first-order chi connectivity index (χ1) is 16.4. The molecule has 0 bridgehead atoms. The van der Waals surface area contributed by atoms with E-state index in [0.717, 1.165) is 24.3 Å². The van der Waals surface area contributed by atoms with Gasteiger partial charge in [0.25, 0.3) is 0 Å². The number of benzene rings is 2. The highest BCUT2D eigenvalue weighted by molar-refractivity contribution is 5.95. The van der Waals surface area contributed by atoms with Crippen molar-refractivity contribution in [1.82, 2.24) is 14.8 Å². The summed E-state index contributed by atoms with van der Waals surface area (Å²) in [4.78, 5) is 19.5. The summed E-state index contributed by atoms with van der Waals surface area (Å²) in [5.74, 6) is 1.72. The highest BCUT2D eigenvalue weighted by atomic mass is 16.5. The average molecular weight is 463 g/mol. The molecule has 3 N–H and O–H groups in total. The maximum Gasteiger partial charge on any atom is 0.248 e. The summed E-state index contributed by atoms with van der Waals surface area (Å²) >= 11 is 0. The van der Waals surface area contributed by atoms with E-state index in [0.29, 0.717) is 40.1 Å². The van der Waals surface area contributed by atoms with Gasteiger partial charge in [-0.2, -0.15) is 4.98 Å². The highest BCUT2D eigenvalue weighted by Crippen LogP contribution is 2.41. The van der Waals surface area contributed by atoms with Crippen LogP contribution in [0.5, 0.6) is 11.5 Å². The number of aromatic nitrogens is 3. The fraction of sp³-hybridized carbons (Fsp3) is 0.320. The number of methoxy groups -OCH3 is 2. The fourth-order valence-electron chi connectivity index (χ4n) is 4.34. The number of hydrogen-bond acceptors (Lipinski definition) is 7. The van der Waals surface area contributed by atoms with Gasteiger partial charge in [-0.3, -0.25) is 4.79 Å². The van der Waals surface area contributed by atoms with Crippen LogP contribution < -0.4 is 25.4 Å². The van der Waals surface area contributed by atoms with Crippen LogP contribution in [0.3, 0.4) is 0 Å². The Morgan fingerprint density at radius 2 is 1.82 bits per heavy atom. The zero-order chi connectivity index (χ0) is 24.4. The third-order valence-electron chi connectivity index (χ3n) is 6.10. The van der Waals surface area contributed by atoms with Crippen LogP contribution >= 0.6 is 0 Å². The van der Waals surface area contributed by atoms with Crippen molar-refractivity contribution >= 4 is 17.5 Å². The number of allylic oxidation sites excluding steroid dienone is 1. The van der Waals surface area contributed by atoms with Gasteiger partial charge in [-0.1, -0.05) is 0 Å². The van der Waals surface area contributed by atoms with E-state index in [1.165, 1.54) is 0 Å². The fourth-order valence-corrected chi connectivity index (χ4v) is 4.34. The molecule has 178 valence electrons. The second kappa shape index (κ2) is 9.46. The molecule has 0 aliphatic carbocycles. The minimum atomic E-state index is -0.630. The molecule has 1 aromatic heterocycles. The zero-order valence-electron chi connectivity index (χ0n) is 20.1.